The number of nitrogens with zero attached hydrogens (tertiary/aromatic N) is 1. The summed E-state index contributed by atoms with van der Waals surface area (Å²) in [6.45, 7) is 2.76. The van der Waals surface area contributed by atoms with E-state index in [1.165, 1.54) is 28.4 Å². The van der Waals surface area contributed by atoms with Crippen molar-refractivity contribution in [3.05, 3.63) is 76.2 Å². The lowest BCUT2D eigenvalue weighted by atomic mass is 10.0. The first-order valence-electron chi connectivity index (χ1n) is 13.2. The third-order valence-corrected chi connectivity index (χ3v) is 7.32. The maximum Gasteiger partial charge on any atom is 0.319 e. The van der Waals surface area contributed by atoms with Gasteiger partial charge in [-0.05, 0) is 53.8 Å². The molecule has 4 amide bonds. The van der Waals surface area contributed by atoms with Crippen LogP contribution in [0.5, 0.6) is 5.75 Å². The largest absolute Gasteiger partial charge is 0.494 e. The highest BCUT2D eigenvalue weighted by Gasteiger charge is 2.37. The Morgan fingerprint density at radius 1 is 1.17 bits per heavy atom. The van der Waals surface area contributed by atoms with Gasteiger partial charge in [-0.15, -0.1) is 11.3 Å². The smallest absolute Gasteiger partial charge is 0.319 e. The van der Waals surface area contributed by atoms with Gasteiger partial charge in [0.15, 0.2) is 0 Å². The molecule has 2 aromatic carbocycles. The highest BCUT2D eigenvalue weighted by Crippen LogP contribution is 2.31. The Bertz CT molecular complexity index is 1380. The van der Waals surface area contributed by atoms with E-state index in [-0.39, 0.29) is 30.8 Å². The zero-order valence-corrected chi connectivity index (χ0v) is 23.2. The first kappa shape index (κ1) is 29.5. The molecule has 0 aliphatic carbocycles. The third kappa shape index (κ3) is 8.04. The summed E-state index contributed by atoms with van der Waals surface area (Å²) in [6, 6.07) is 13.1. The van der Waals surface area contributed by atoms with Gasteiger partial charge in [-0.25, -0.2) is 9.18 Å². The van der Waals surface area contributed by atoms with Crippen LogP contribution in [0, 0.1) is 11.7 Å². The first-order valence-corrected chi connectivity index (χ1v) is 14.0. The number of carbonyl (C=O) groups is 4. The number of amides is 4. The number of thiophene rings is 1. The minimum Gasteiger partial charge on any atom is -0.494 e. The molecule has 2 atom stereocenters. The molecular weight excluding hydrogens is 551 g/mol. The van der Waals surface area contributed by atoms with Crippen molar-refractivity contribution < 1.29 is 33.4 Å². The SMILES string of the molecule is CCCOc1ccc(C(CC(=O)O)NC(=O)C2CC(=O)N(c3cc(NC(=O)NCc4cccs4)ccc3F)C2)cc1. The lowest BCUT2D eigenvalue weighted by molar-refractivity contribution is -0.138. The molecular formula is C29H31FN4O6S. The Hall–Kier alpha value is -4.45. The van der Waals surface area contributed by atoms with E-state index in [2.05, 4.69) is 16.0 Å². The molecule has 1 aliphatic heterocycles. The van der Waals surface area contributed by atoms with Crippen molar-refractivity contribution in [1.82, 2.24) is 10.6 Å². The highest BCUT2D eigenvalue weighted by molar-refractivity contribution is 7.09. The molecule has 12 heteroatoms. The average molecular weight is 583 g/mol. The van der Waals surface area contributed by atoms with Crippen molar-refractivity contribution in [2.75, 3.05) is 23.4 Å². The van der Waals surface area contributed by atoms with Crippen molar-refractivity contribution in [2.45, 2.75) is 38.8 Å². The summed E-state index contributed by atoms with van der Waals surface area (Å²) >= 11 is 1.50. The molecule has 1 aliphatic rings. The van der Waals surface area contributed by atoms with Crippen LogP contribution in [0.4, 0.5) is 20.6 Å². The Balaban J connectivity index is 1.40. The number of aliphatic carboxylic acids is 1. The van der Waals surface area contributed by atoms with Crippen LogP contribution < -0.4 is 25.6 Å². The summed E-state index contributed by atoms with van der Waals surface area (Å²) in [5.74, 6) is -2.95. The number of hydrogen-bond acceptors (Lipinski definition) is 6. The van der Waals surface area contributed by atoms with Crippen LogP contribution in [0.15, 0.2) is 60.0 Å². The van der Waals surface area contributed by atoms with E-state index in [0.717, 1.165) is 17.4 Å². The summed E-state index contributed by atoms with van der Waals surface area (Å²) in [7, 11) is 0. The number of hydrogen-bond donors (Lipinski definition) is 4. The number of anilines is 2. The van der Waals surface area contributed by atoms with Gasteiger partial charge in [0.05, 0.1) is 37.2 Å². The number of nitrogens with one attached hydrogen (secondary N) is 3. The van der Waals surface area contributed by atoms with E-state index in [4.69, 9.17) is 4.74 Å². The number of ether oxygens (including phenoxy) is 1. The zero-order valence-electron chi connectivity index (χ0n) is 22.4. The average Bonchev–Trinajstić information content (AvgIpc) is 3.61. The molecule has 1 fully saturated rings. The number of urea groups is 1. The van der Waals surface area contributed by atoms with Crippen molar-refractivity contribution in [1.29, 1.82) is 0 Å². The third-order valence-electron chi connectivity index (χ3n) is 6.44. The minimum absolute atomic E-state index is 0.0638. The van der Waals surface area contributed by atoms with Gasteiger partial charge in [0.1, 0.15) is 11.6 Å². The standard InChI is InChI=1S/C29H31FN4O6S/c1-2-11-40-21-8-5-18(6-9-21)24(15-27(36)37)33-28(38)19-13-26(35)34(17-19)25-14-20(7-10-23(25)30)32-29(39)31-16-22-4-3-12-41-22/h3-10,12,14,19,24H,2,11,13,15-17H2,1H3,(H,33,38)(H,36,37)(H2,31,32,39). The van der Waals surface area contributed by atoms with Crippen molar-refractivity contribution in [3.63, 3.8) is 0 Å². The molecule has 0 spiro atoms. The summed E-state index contributed by atoms with van der Waals surface area (Å²) in [5.41, 5.74) is 0.790. The number of carbonyl (C=O) groups excluding carboxylic acids is 3. The van der Waals surface area contributed by atoms with Crippen LogP contribution >= 0.6 is 11.3 Å². The molecule has 2 heterocycles. The van der Waals surface area contributed by atoms with Gasteiger partial charge in [0.25, 0.3) is 0 Å². The summed E-state index contributed by atoms with van der Waals surface area (Å²) in [4.78, 5) is 51.9. The van der Waals surface area contributed by atoms with Gasteiger partial charge in [-0.1, -0.05) is 25.1 Å². The number of halogens is 1. The van der Waals surface area contributed by atoms with Crippen LogP contribution in [0.2, 0.25) is 0 Å². The molecule has 1 saturated heterocycles. The zero-order chi connectivity index (χ0) is 29.4. The molecule has 0 saturated carbocycles. The quantitative estimate of drug-likeness (QED) is 0.245. The lowest BCUT2D eigenvalue weighted by Crippen LogP contribution is -2.36. The maximum atomic E-state index is 14.8. The molecule has 1 aromatic heterocycles. The molecule has 4 rings (SSSR count). The Labute approximate surface area is 240 Å². The molecule has 4 N–H and O–H groups in total. The van der Waals surface area contributed by atoms with E-state index in [0.29, 0.717) is 24.5 Å². The summed E-state index contributed by atoms with van der Waals surface area (Å²) in [6.07, 6.45) is 0.308. The summed E-state index contributed by atoms with van der Waals surface area (Å²) in [5, 5.41) is 19.4. The Kier molecular flexibility index (Phi) is 9.91. The number of carboxylic acids is 1. The van der Waals surface area contributed by atoms with Crippen LogP contribution in [-0.4, -0.2) is 42.1 Å². The second-order valence-electron chi connectivity index (χ2n) is 9.54. The van der Waals surface area contributed by atoms with Crippen LogP contribution in [0.3, 0.4) is 0 Å². The van der Waals surface area contributed by atoms with Crippen molar-refractivity contribution in [2.24, 2.45) is 5.92 Å². The fraction of sp³-hybridized carbons (Fsp3) is 0.310. The molecule has 41 heavy (non-hydrogen) atoms. The molecule has 0 bridgehead atoms. The van der Waals surface area contributed by atoms with Crippen molar-refractivity contribution in [3.8, 4) is 5.75 Å². The van der Waals surface area contributed by atoms with Crippen molar-refractivity contribution >= 4 is 46.5 Å². The van der Waals surface area contributed by atoms with E-state index in [1.807, 2.05) is 24.4 Å². The maximum absolute atomic E-state index is 14.8. The Morgan fingerprint density at radius 3 is 2.63 bits per heavy atom. The minimum atomic E-state index is -1.10. The second-order valence-corrected chi connectivity index (χ2v) is 10.6. The summed E-state index contributed by atoms with van der Waals surface area (Å²) < 4.78 is 20.3. The fourth-order valence-corrected chi connectivity index (χ4v) is 5.05. The van der Waals surface area contributed by atoms with Gasteiger partial charge in [-0.3, -0.25) is 14.4 Å². The molecule has 2 unspecified atom stereocenters. The van der Waals surface area contributed by atoms with E-state index in [1.54, 1.807) is 24.3 Å². The normalized spacial score (nSPS) is 15.3. The van der Waals surface area contributed by atoms with E-state index >= 15 is 0 Å². The van der Waals surface area contributed by atoms with Crippen LogP contribution in [0.25, 0.3) is 0 Å². The predicted octanol–water partition coefficient (Wildman–Crippen LogP) is 4.68. The van der Waals surface area contributed by atoms with Gasteiger partial charge >= 0.3 is 12.0 Å². The lowest BCUT2D eigenvalue weighted by Gasteiger charge is -2.21. The van der Waals surface area contributed by atoms with Gasteiger partial charge in [-0.2, -0.15) is 0 Å². The van der Waals surface area contributed by atoms with Gasteiger partial charge in [0, 0.05) is 23.5 Å². The Morgan fingerprint density at radius 2 is 1.95 bits per heavy atom. The van der Waals surface area contributed by atoms with Gasteiger partial charge in [0.2, 0.25) is 11.8 Å². The number of carboxylic acid groups (broad SMARTS) is 1. The van der Waals surface area contributed by atoms with E-state index < -0.39 is 41.6 Å². The molecule has 0 radical (unpaired) electrons. The monoisotopic (exact) mass is 582 g/mol. The second kappa shape index (κ2) is 13.8. The first-order chi connectivity index (χ1) is 19.7. The number of benzene rings is 2. The number of rotatable bonds is 12. The molecule has 216 valence electrons. The van der Waals surface area contributed by atoms with Crippen LogP contribution in [-0.2, 0) is 20.9 Å². The highest BCUT2D eigenvalue weighted by atomic mass is 32.1. The van der Waals surface area contributed by atoms with Crippen LogP contribution in [0.1, 0.15) is 42.7 Å². The topological polar surface area (TPSA) is 137 Å². The van der Waals surface area contributed by atoms with E-state index in [9.17, 15) is 28.7 Å². The molecule has 3 aromatic rings. The van der Waals surface area contributed by atoms with Gasteiger partial charge < -0.3 is 30.7 Å². The molecule has 10 nitrogen and oxygen atoms in total. The predicted molar refractivity (Wildman–Crippen MR) is 152 cm³/mol. The fourth-order valence-electron chi connectivity index (χ4n) is 4.40.